The average Bonchev–Trinajstić information content (AvgIpc) is 2.72. The summed E-state index contributed by atoms with van der Waals surface area (Å²) in [6.45, 7) is 6.35. The molecular weight excluding hydrogens is 416 g/mol. The second-order valence-electron chi connectivity index (χ2n) is 8.34. The van der Waals surface area contributed by atoms with E-state index in [9.17, 15) is 18.0 Å². The van der Waals surface area contributed by atoms with Crippen molar-refractivity contribution in [1.82, 2.24) is 9.47 Å². The Labute approximate surface area is 183 Å². The number of hydrogen-bond donors (Lipinski definition) is 0. The number of aryl methyl sites for hydroxylation is 1. The van der Waals surface area contributed by atoms with Crippen molar-refractivity contribution in [3.8, 4) is 5.75 Å². The fraction of sp³-hybridized carbons (Fsp3) is 0.478. The second kappa shape index (κ2) is 9.26. The largest absolute Gasteiger partial charge is 0.490 e. The van der Waals surface area contributed by atoms with Gasteiger partial charge in [0.2, 0.25) is 5.91 Å². The molecule has 1 aromatic heterocycles. The fourth-order valence-electron chi connectivity index (χ4n) is 3.58. The van der Waals surface area contributed by atoms with Gasteiger partial charge in [0.05, 0.1) is 16.6 Å². The lowest BCUT2D eigenvalue weighted by Gasteiger charge is -2.32. The molecule has 2 aromatic rings. The van der Waals surface area contributed by atoms with Gasteiger partial charge in [-0.25, -0.2) is 8.42 Å². The van der Waals surface area contributed by atoms with Crippen LogP contribution < -0.4 is 10.3 Å². The molecule has 0 atom stereocenters. The highest BCUT2D eigenvalue weighted by atomic mass is 32.2. The normalized spacial score (nSPS) is 15.3. The molecule has 168 valence electrons. The Hall–Kier alpha value is -2.61. The van der Waals surface area contributed by atoms with E-state index in [4.69, 9.17) is 4.74 Å². The molecule has 7 nitrogen and oxygen atoms in total. The van der Waals surface area contributed by atoms with E-state index in [0.717, 1.165) is 11.3 Å². The summed E-state index contributed by atoms with van der Waals surface area (Å²) in [5, 5.41) is -0.480. The zero-order valence-corrected chi connectivity index (χ0v) is 19.3. The van der Waals surface area contributed by atoms with Crippen LogP contribution in [0.3, 0.4) is 0 Å². The van der Waals surface area contributed by atoms with Gasteiger partial charge in [-0.05, 0) is 44.5 Å². The van der Waals surface area contributed by atoms with E-state index in [-0.39, 0.29) is 28.9 Å². The number of hydrogen-bond acceptors (Lipinski definition) is 5. The van der Waals surface area contributed by atoms with E-state index in [0.29, 0.717) is 31.7 Å². The van der Waals surface area contributed by atoms with Gasteiger partial charge in [-0.15, -0.1) is 0 Å². The Morgan fingerprint density at radius 3 is 2.29 bits per heavy atom. The fourth-order valence-corrected chi connectivity index (χ4v) is 4.64. The Balaban J connectivity index is 1.54. The number of amides is 1. The zero-order chi connectivity index (χ0) is 22.8. The zero-order valence-electron chi connectivity index (χ0n) is 18.5. The third-order valence-electron chi connectivity index (χ3n) is 5.80. The SMILES string of the molecule is Cc1cc(OC2CCN(C(=O)Cc3ccc(S(=O)(=O)C(C)C)cc3)CC2)cc(=O)n1C. The van der Waals surface area contributed by atoms with Gasteiger partial charge in [-0.2, -0.15) is 0 Å². The number of benzene rings is 1. The third-order valence-corrected chi connectivity index (χ3v) is 7.97. The maximum atomic E-state index is 12.7. The summed E-state index contributed by atoms with van der Waals surface area (Å²) in [4.78, 5) is 26.7. The summed E-state index contributed by atoms with van der Waals surface area (Å²) >= 11 is 0. The van der Waals surface area contributed by atoms with E-state index in [1.54, 1.807) is 49.7 Å². The molecule has 1 saturated heterocycles. The topological polar surface area (TPSA) is 85.7 Å². The van der Waals surface area contributed by atoms with Crippen molar-refractivity contribution in [3.05, 3.63) is 58.0 Å². The molecule has 1 aliphatic rings. The number of ether oxygens (including phenoxy) is 1. The molecule has 31 heavy (non-hydrogen) atoms. The Bertz CT molecular complexity index is 1100. The van der Waals surface area contributed by atoms with Gasteiger partial charge < -0.3 is 14.2 Å². The molecule has 1 aromatic carbocycles. The highest BCUT2D eigenvalue weighted by Gasteiger charge is 2.25. The average molecular weight is 447 g/mol. The van der Waals surface area contributed by atoms with Gasteiger partial charge in [0.1, 0.15) is 11.9 Å². The van der Waals surface area contributed by atoms with Crippen LogP contribution in [0.2, 0.25) is 0 Å². The van der Waals surface area contributed by atoms with Crippen LogP contribution in [0, 0.1) is 6.92 Å². The molecule has 8 heteroatoms. The molecule has 1 aliphatic heterocycles. The number of sulfone groups is 1. The Morgan fingerprint density at radius 2 is 1.74 bits per heavy atom. The number of nitrogens with zero attached hydrogens (tertiary/aromatic N) is 2. The lowest BCUT2D eigenvalue weighted by atomic mass is 10.1. The number of likely N-dealkylation sites (tertiary alicyclic amines) is 1. The molecule has 2 heterocycles. The minimum absolute atomic E-state index is 0.0161. The highest BCUT2D eigenvalue weighted by molar-refractivity contribution is 7.92. The monoisotopic (exact) mass is 446 g/mol. The van der Waals surface area contributed by atoms with Gasteiger partial charge >= 0.3 is 0 Å². The van der Waals surface area contributed by atoms with Crippen molar-refractivity contribution in [2.75, 3.05) is 13.1 Å². The molecule has 0 bridgehead atoms. The quantitative estimate of drug-likeness (QED) is 0.681. The van der Waals surface area contributed by atoms with E-state index in [1.807, 2.05) is 17.9 Å². The van der Waals surface area contributed by atoms with Crippen molar-refractivity contribution >= 4 is 15.7 Å². The summed E-state index contributed by atoms with van der Waals surface area (Å²) in [7, 11) is -1.59. The second-order valence-corrected chi connectivity index (χ2v) is 10.8. The minimum Gasteiger partial charge on any atom is -0.490 e. The Morgan fingerprint density at radius 1 is 1.13 bits per heavy atom. The van der Waals surface area contributed by atoms with Crippen LogP contribution in [-0.4, -0.2) is 48.2 Å². The summed E-state index contributed by atoms with van der Waals surface area (Å²) in [6.07, 6.45) is 1.61. The van der Waals surface area contributed by atoms with Crippen molar-refractivity contribution in [2.45, 2.75) is 56.3 Å². The molecule has 3 rings (SSSR count). The summed E-state index contributed by atoms with van der Waals surface area (Å²) in [5.74, 6) is 0.587. The minimum atomic E-state index is -3.31. The summed E-state index contributed by atoms with van der Waals surface area (Å²) < 4.78 is 32.0. The summed E-state index contributed by atoms with van der Waals surface area (Å²) in [6, 6.07) is 9.91. The van der Waals surface area contributed by atoms with Gasteiger partial charge in [0.15, 0.2) is 9.84 Å². The molecule has 0 N–H and O–H groups in total. The number of piperidine rings is 1. The van der Waals surface area contributed by atoms with E-state index in [2.05, 4.69) is 0 Å². The van der Waals surface area contributed by atoms with Gasteiger partial charge in [0.25, 0.3) is 5.56 Å². The van der Waals surface area contributed by atoms with Crippen LogP contribution in [0.1, 0.15) is 37.9 Å². The number of aromatic nitrogens is 1. The molecule has 0 spiro atoms. The van der Waals surface area contributed by atoms with Crippen molar-refractivity contribution in [3.63, 3.8) is 0 Å². The third kappa shape index (κ3) is 5.36. The van der Waals surface area contributed by atoms with E-state index < -0.39 is 15.1 Å². The Kier molecular flexibility index (Phi) is 6.89. The highest BCUT2D eigenvalue weighted by Crippen LogP contribution is 2.20. The number of rotatable bonds is 6. The number of carbonyl (C=O) groups excluding carboxylic acids is 1. The van der Waals surface area contributed by atoms with Crippen LogP contribution in [-0.2, 0) is 28.1 Å². The number of carbonyl (C=O) groups is 1. The predicted octanol–water partition coefficient (Wildman–Crippen LogP) is 2.49. The van der Waals surface area contributed by atoms with Gasteiger partial charge in [-0.3, -0.25) is 9.59 Å². The summed E-state index contributed by atoms with van der Waals surface area (Å²) in [5.41, 5.74) is 1.53. The van der Waals surface area contributed by atoms with Crippen LogP contribution in [0.25, 0.3) is 0 Å². The smallest absolute Gasteiger partial charge is 0.254 e. The van der Waals surface area contributed by atoms with Gasteiger partial charge in [-0.1, -0.05) is 12.1 Å². The van der Waals surface area contributed by atoms with Crippen LogP contribution in [0.15, 0.2) is 46.1 Å². The van der Waals surface area contributed by atoms with Crippen molar-refractivity contribution < 1.29 is 17.9 Å². The van der Waals surface area contributed by atoms with Crippen molar-refractivity contribution in [1.29, 1.82) is 0 Å². The molecule has 1 fully saturated rings. The molecule has 1 amide bonds. The van der Waals surface area contributed by atoms with Crippen LogP contribution in [0.5, 0.6) is 5.75 Å². The molecule has 0 aliphatic carbocycles. The maximum absolute atomic E-state index is 12.7. The first-order valence-electron chi connectivity index (χ1n) is 10.5. The first-order chi connectivity index (χ1) is 14.6. The lowest BCUT2D eigenvalue weighted by Crippen LogP contribution is -2.42. The maximum Gasteiger partial charge on any atom is 0.254 e. The molecule has 0 unspecified atom stereocenters. The standard InChI is InChI=1S/C23H30N2O5S/c1-16(2)31(28,29)21-7-5-18(6-8-21)14-23(27)25-11-9-19(10-12-25)30-20-13-17(3)24(4)22(26)15-20/h5-8,13,15-16,19H,9-12,14H2,1-4H3. The number of pyridine rings is 1. The van der Waals surface area contributed by atoms with E-state index in [1.165, 1.54) is 6.07 Å². The predicted molar refractivity (Wildman–Crippen MR) is 119 cm³/mol. The van der Waals surface area contributed by atoms with Crippen LogP contribution >= 0.6 is 0 Å². The van der Waals surface area contributed by atoms with E-state index >= 15 is 0 Å². The first kappa shape index (κ1) is 23.1. The van der Waals surface area contributed by atoms with Gasteiger partial charge in [0, 0.05) is 44.7 Å². The van der Waals surface area contributed by atoms with Crippen molar-refractivity contribution in [2.24, 2.45) is 7.05 Å². The molecular formula is C23H30N2O5S. The first-order valence-corrected chi connectivity index (χ1v) is 12.1. The lowest BCUT2D eigenvalue weighted by molar-refractivity contribution is -0.132. The van der Waals surface area contributed by atoms with Crippen LogP contribution in [0.4, 0.5) is 0 Å². The molecule has 0 saturated carbocycles. The molecule has 0 radical (unpaired) electrons.